The van der Waals surface area contributed by atoms with E-state index in [1.165, 1.54) is 12.8 Å². The zero-order valence-corrected chi connectivity index (χ0v) is 12.9. The lowest BCUT2D eigenvalue weighted by atomic mass is 10.0. The van der Waals surface area contributed by atoms with Crippen LogP contribution in [0.1, 0.15) is 31.2 Å². The van der Waals surface area contributed by atoms with Crippen molar-refractivity contribution in [3.05, 3.63) is 48.2 Å². The summed E-state index contributed by atoms with van der Waals surface area (Å²) >= 11 is 0. The number of pyridine rings is 1. The molecule has 0 saturated carbocycles. The SMILES string of the molecule is N#Cc1ccc(-c2cc(O[C@@H]3C[C@H]4CC[C@@H](C3)N4)ccn2)cc1. The normalized spacial score (nSPS) is 25.8. The molecule has 1 aromatic heterocycles. The number of ether oxygens (including phenoxy) is 1. The van der Waals surface area contributed by atoms with Gasteiger partial charge in [0.25, 0.3) is 0 Å². The summed E-state index contributed by atoms with van der Waals surface area (Å²) < 4.78 is 6.21. The van der Waals surface area contributed by atoms with Gasteiger partial charge < -0.3 is 10.1 Å². The zero-order chi connectivity index (χ0) is 15.6. The standard InChI is InChI=1S/C19H19N3O/c20-12-13-1-3-14(4-2-13)19-11-17(7-8-21-19)23-18-9-15-5-6-16(10-18)22-15/h1-4,7-8,11,15-16,18,22H,5-6,9-10H2/t15-,16+,18-. The van der Waals surface area contributed by atoms with Gasteiger partial charge in [-0.05, 0) is 43.9 Å². The molecule has 0 radical (unpaired) electrons. The Bertz CT molecular complexity index is 723. The van der Waals surface area contributed by atoms with Gasteiger partial charge in [-0.15, -0.1) is 0 Å². The zero-order valence-electron chi connectivity index (χ0n) is 12.9. The molecule has 4 heteroatoms. The summed E-state index contributed by atoms with van der Waals surface area (Å²) in [5, 5.41) is 12.5. The lowest BCUT2D eigenvalue weighted by Gasteiger charge is -2.29. The minimum absolute atomic E-state index is 0.296. The number of hydrogen-bond donors (Lipinski definition) is 1. The van der Waals surface area contributed by atoms with Crippen molar-refractivity contribution in [1.82, 2.24) is 10.3 Å². The molecule has 0 aliphatic carbocycles. The van der Waals surface area contributed by atoms with Gasteiger partial charge in [-0.2, -0.15) is 5.26 Å². The maximum atomic E-state index is 8.88. The smallest absolute Gasteiger partial charge is 0.123 e. The topological polar surface area (TPSA) is 57.9 Å². The molecule has 2 bridgehead atoms. The van der Waals surface area contributed by atoms with Gasteiger partial charge in [0.2, 0.25) is 0 Å². The number of fused-ring (bicyclic) bond motifs is 2. The van der Waals surface area contributed by atoms with Crippen molar-refractivity contribution >= 4 is 0 Å². The number of hydrogen-bond acceptors (Lipinski definition) is 4. The van der Waals surface area contributed by atoms with Gasteiger partial charge in [-0.25, -0.2) is 0 Å². The van der Waals surface area contributed by atoms with Crippen molar-refractivity contribution in [1.29, 1.82) is 5.26 Å². The number of nitriles is 1. The molecular weight excluding hydrogens is 286 g/mol. The molecule has 2 aliphatic heterocycles. The quantitative estimate of drug-likeness (QED) is 0.945. The molecule has 3 atom stereocenters. The Balaban J connectivity index is 1.50. The van der Waals surface area contributed by atoms with Gasteiger partial charge in [0.05, 0.1) is 17.3 Å². The largest absolute Gasteiger partial charge is 0.490 e. The first-order valence-electron chi connectivity index (χ1n) is 8.19. The second kappa shape index (κ2) is 6.02. The average Bonchev–Trinajstić information content (AvgIpc) is 2.94. The van der Waals surface area contributed by atoms with Gasteiger partial charge in [0.1, 0.15) is 11.9 Å². The minimum atomic E-state index is 0.296. The van der Waals surface area contributed by atoms with E-state index in [1.807, 2.05) is 36.4 Å². The highest BCUT2D eigenvalue weighted by atomic mass is 16.5. The summed E-state index contributed by atoms with van der Waals surface area (Å²) in [4.78, 5) is 4.43. The van der Waals surface area contributed by atoms with Gasteiger partial charge in [-0.3, -0.25) is 4.98 Å². The van der Waals surface area contributed by atoms with E-state index in [2.05, 4.69) is 16.4 Å². The van der Waals surface area contributed by atoms with Crippen molar-refractivity contribution in [2.24, 2.45) is 0 Å². The van der Waals surface area contributed by atoms with Crippen molar-refractivity contribution in [3.8, 4) is 23.1 Å². The predicted molar refractivity (Wildman–Crippen MR) is 88.0 cm³/mol. The highest BCUT2D eigenvalue weighted by molar-refractivity contribution is 5.61. The van der Waals surface area contributed by atoms with E-state index in [-0.39, 0.29) is 0 Å². The fourth-order valence-electron chi connectivity index (χ4n) is 3.65. The van der Waals surface area contributed by atoms with Crippen LogP contribution >= 0.6 is 0 Å². The Morgan fingerprint density at radius 2 is 1.83 bits per heavy atom. The van der Waals surface area contributed by atoms with E-state index < -0.39 is 0 Å². The third-order valence-electron chi connectivity index (χ3n) is 4.77. The maximum Gasteiger partial charge on any atom is 0.123 e. The van der Waals surface area contributed by atoms with Gasteiger partial charge in [-0.1, -0.05) is 12.1 Å². The van der Waals surface area contributed by atoms with E-state index in [0.717, 1.165) is 29.8 Å². The highest BCUT2D eigenvalue weighted by Crippen LogP contribution is 2.30. The van der Waals surface area contributed by atoms with Crippen LogP contribution in [0.2, 0.25) is 0 Å². The van der Waals surface area contributed by atoms with E-state index in [1.54, 1.807) is 6.20 Å². The number of nitrogens with zero attached hydrogens (tertiary/aromatic N) is 2. The van der Waals surface area contributed by atoms with Crippen molar-refractivity contribution in [2.45, 2.75) is 43.9 Å². The second-order valence-corrected chi connectivity index (χ2v) is 6.42. The molecule has 116 valence electrons. The first-order chi connectivity index (χ1) is 11.3. The fraction of sp³-hybridized carbons (Fsp3) is 0.368. The summed E-state index contributed by atoms with van der Waals surface area (Å²) in [5.74, 6) is 0.880. The number of aromatic nitrogens is 1. The number of benzene rings is 1. The van der Waals surface area contributed by atoms with Crippen LogP contribution in [-0.4, -0.2) is 23.2 Å². The van der Waals surface area contributed by atoms with Crippen LogP contribution in [0.25, 0.3) is 11.3 Å². The molecule has 4 nitrogen and oxygen atoms in total. The Kier molecular flexibility index (Phi) is 3.72. The highest BCUT2D eigenvalue weighted by Gasteiger charge is 2.34. The monoisotopic (exact) mass is 305 g/mol. The molecule has 2 aromatic rings. The van der Waals surface area contributed by atoms with Crippen molar-refractivity contribution in [2.75, 3.05) is 0 Å². The minimum Gasteiger partial charge on any atom is -0.490 e. The van der Waals surface area contributed by atoms with Crippen LogP contribution < -0.4 is 10.1 Å². The first-order valence-corrected chi connectivity index (χ1v) is 8.19. The van der Waals surface area contributed by atoms with E-state index in [9.17, 15) is 0 Å². The molecule has 3 heterocycles. The van der Waals surface area contributed by atoms with Gasteiger partial charge >= 0.3 is 0 Å². The van der Waals surface area contributed by atoms with Crippen LogP contribution in [0.5, 0.6) is 5.75 Å². The molecule has 1 aromatic carbocycles. The molecule has 4 rings (SSSR count). The van der Waals surface area contributed by atoms with Crippen molar-refractivity contribution in [3.63, 3.8) is 0 Å². The molecule has 1 N–H and O–H groups in total. The summed E-state index contributed by atoms with van der Waals surface area (Å²) in [5.41, 5.74) is 2.54. The van der Waals surface area contributed by atoms with Crippen LogP contribution in [0, 0.1) is 11.3 Å². The Morgan fingerprint density at radius 3 is 2.52 bits per heavy atom. The molecule has 0 spiro atoms. The first kappa shape index (κ1) is 14.2. The molecule has 23 heavy (non-hydrogen) atoms. The van der Waals surface area contributed by atoms with E-state index >= 15 is 0 Å². The molecule has 2 saturated heterocycles. The third kappa shape index (κ3) is 3.06. The molecule has 2 fully saturated rings. The van der Waals surface area contributed by atoms with Crippen LogP contribution in [-0.2, 0) is 0 Å². The summed E-state index contributed by atoms with van der Waals surface area (Å²) in [6, 6.07) is 14.8. The summed E-state index contributed by atoms with van der Waals surface area (Å²) in [6.07, 6.45) is 6.81. The predicted octanol–water partition coefficient (Wildman–Crippen LogP) is 3.28. The number of piperidine rings is 1. The van der Waals surface area contributed by atoms with Crippen LogP contribution in [0.3, 0.4) is 0 Å². The van der Waals surface area contributed by atoms with E-state index in [4.69, 9.17) is 10.00 Å². The number of nitrogens with one attached hydrogen (secondary N) is 1. The fourth-order valence-corrected chi connectivity index (χ4v) is 3.65. The molecule has 0 amide bonds. The summed E-state index contributed by atoms with van der Waals surface area (Å²) in [7, 11) is 0. The third-order valence-corrected chi connectivity index (χ3v) is 4.77. The average molecular weight is 305 g/mol. The van der Waals surface area contributed by atoms with E-state index in [0.29, 0.717) is 23.8 Å². The number of rotatable bonds is 3. The molecule has 2 aliphatic rings. The second-order valence-electron chi connectivity index (χ2n) is 6.42. The van der Waals surface area contributed by atoms with Gasteiger partial charge in [0, 0.05) is 29.9 Å². The van der Waals surface area contributed by atoms with Crippen LogP contribution in [0.15, 0.2) is 42.6 Å². The molecular formula is C19H19N3O. The Morgan fingerprint density at radius 1 is 1.09 bits per heavy atom. The van der Waals surface area contributed by atoms with Gasteiger partial charge in [0.15, 0.2) is 0 Å². The Hall–Kier alpha value is -2.38. The summed E-state index contributed by atoms with van der Waals surface area (Å²) in [6.45, 7) is 0. The lowest BCUT2D eigenvalue weighted by Crippen LogP contribution is -2.42. The lowest BCUT2D eigenvalue weighted by molar-refractivity contribution is 0.137. The molecule has 0 unspecified atom stereocenters. The maximum absolute atomic E-state index is 8.88. The van der Waals surface area contributed by atoms with Crippen LogP contribution in [0.4, 0.5) is 0 Å². The Labute approximate surface area is 136 Å². The van der Waals surface area contributed by atoms with Crippen molar-refractivity contribution < 1.29 is 4.74 Å².